The Morgan fingerprint density at radius 1 is 1.14 bits per heavy atom. The molecule has 9 nitrogen and oxygen atoms in total. The summed E-state index contributed by atoms with van der Waals surface area (Å²) in [4.78, 5) is 50.7. The van der Waals surface area contributed by atoms with E-state index in [1.807, 2.05) is 22.6 Å². The van der Waals surface area contributed by atoms with Crippen LogP contribution >= 0.6 is 34.4 Å². The number of hydrogen-bond acceptors (Lipinski definition) is 9. The second-order valence-corrected chi connectivity index (χ2v) is 9.84. The first-order chi connectivity index (χ1) is 17.1. The summed E-state index contributed by atoms with van der Waals surface area (Å²) in [5.74, 6) is -0.670. The van der Waals surface area contributed by atoms with Crippen molar-refractivity contribution in [2.24, 2.45) is 0 Å². The highest BCUT2D eigenvalue weighted by Crippen LogP contribution is 2.38. The fourth-order valence-corrected chi connectivity index (χ4v) is 4.70. The average Bonchev–Trinajstić information content (AvgIpc) is 3.08. The monoisotopic (exact) mass is 625 g/mol. The average molecular weight is 625 g/mol. The maximum Gasteiger partial charge on any atom is 0.343 e. The summed E-state index contributed by atoms with van der Waals surface area (Å²) in [6.45, 7) is 5.00. The van der Waals surface area contributed by atoms with E-state index < -0.39 is 29.6 Å². The molecule has 190 valence electrons. The van der Waals surface area contributed by atoms with Gasteiger partial charge in [0, 0.05) is 0 Å². The maximum atomic E-state index is 12.7. The van der Waals surface area contributed by atoms with E-state index in [1.165, 1.54) is 13.2 Å². The van der Waals surface area contributed by atoms with E-state index in [2.05, 4.69) is 0 Å². The molecule has 2 aromatic rings. The molecule has 1 fully saturated rings. The zero-order valence-electron chi connectivity index (χ0n) is 20.0. The molecule has 0 aromatic heterocycles. The van der Waals surface area contributed by atoms with Gasteiger partial charge in [0.15, 0.2) is 11.5 Å². The van der Waals surface area contributed by atoms with Crippen molar-refractivity contribution in [1.29, 1.82) is 0 Å². The highest BCUT2D eigenvalue weighted by molar-refractivity contribution is 14.1. The molecule has 0 N–H and O–H groups in total. The van der Waals surface area contributed by atoms with Crippen LogP contribution in [0.3, 0.4) is 0 Å². The number of ether oxygens (including phenoxy) is 4. The van der Waals surface area contributed by atoms with Crippen LogP contribution in [0.1, 0.15) is 36.7 Å². The minimum Gasteiger partial charge on any atom is -0.497 e. The van der Waals surface area contributed by atoms with E-state index in [0.29, 0.717) is 32.8 Å². The Labute approximate surface area is 226 Å². The Bertz CT molecular complexity index is 1210. The zero-order valence-corrected chi connectivity index (χ0v) is 23.0. The zero-order chi connectivity index (χ0) is 26.4. The molecular formula is C25H24INO8S. The van der Waals surface area contributed by atoms with Gasteiger partial charge in [-0.25, -0.2) is 4.79 Å². The number of imide groups is 1. The van der Waals surface area contributed by atoms with Gasteiger partial charge in [0.05, 0.1) is 33.9 Å². The van der Waals surface area contributed by atoms with Crippen LogP contribution in [0.25, 0.3) is 6.08 Å². The summed E-state index contributed by atoms with van der Waals surface area (Å²) in [7, 11) is 1.53. The molecule has 0 unspecified atom stereocenters. The predicted molar refractivity (Wildman–Crippen MR) is 142 cm³/mol. The number of hydrogen-bond donors (Lipinski definition) is 0. The van der Waals surface area contributed by atoms with Crippen molar-refractivity contribution in [1.82, 2.24) is 4.90 Å². The van der Waals surface area contributed by atoms with Crippen LogP contribution in [-0.4, -0.2) is 54.4 Å². The lowest BCUT2D eigenvalue weighted by molar-refractivity contribution is -0.149. The Balaban J connectivity index is 1.84. The normalized spacial score (nSPS) is 14.4. The Morgan fingerprint density at radius 3 is 2.44 bits per heavy atom. The van der Waals surface area contributed by atoms with Crippen molar-refractivity contribution in [3.63, 3.8) is 0 Å². The standard InChI is InChI=1S/C25H24INO8S/c1-5-33-19-11-15(12-20-23(29)27(25(31)36-20)13-21(28)34-14(2)3)10-18(26)22(19)35-24(30)16-6-8-17(32-4)9-7-16/h6-12,14H,5,13H2,1-4H3/b20-12-. The molecule has 36 heavy (non-hydrogen) atoms. The smallest absolute Gasteiger partial charge is 0.343 e. The largest absolute Gasteiger partial charge is 0.497 e. The number of amides is 2. The summed E-state index contributed by atoms with van der Waals surface area (Å²) in [6, 6.07) is 9.81. The molecule has 1 heterocycles. The topological polar surface area (TPSA) is 108 Å². The van der Waals surface area contributed by atoms with Gasteiger partial charge in [0.25, 0.3) is 11.1 Å². The maximum absolute atomic E-state index is 12.7. The number of halogens is 1. The number of esters is 2. The van der Waals surface area contributed by atoms with Gasteiger partial charge in [-0.2, -0.15) is 0 Å². The molecule has 0 bridgehead atoms. The lowest BCUT2D eigenvalue weighted by atomic mass is 10.1. The van der Waals surface area contributed by atoms with Crippen LogP contribution in [0.2, 0.25) is 0 Å². The molecule has 3 rings (SSSR count). The van der Waals surface area contributed by atoms with Crippen molar-refractivity contribution in [2.75, 3.05) is 20.3 Å². The minimum atomic E-state index is -0.662. The van der Waals surface area contributed by atoms with Gasteiger partial charge in [0.1, 0.15) is 12.3 Å². The van der Waals surface area contributed by atoms with Gasteiger partial charge in [0.2, 0.25) is 0 Å². The first kappa shape index (κ1) is 27.5. The van der Waals surface area contributed by atoms with Crippen LogP contribution < -0.4 is 14.2 Å². The third kappa shape index (κ3) is 6.78. The quantitative estimate of drug-likeness (QED) is 0.166. The second-order valence-electron chi connectivity index (χ2n) is 7.69. The molecule has 0 saturated carbocycles. The first-order valence-corrected chi connectivity index (χ1v) is 12.8. The molecular weight excluding hydrogens is 601 g/mol. The van der Waals surface area contributed by atoms with Gasteiger partial charge in [-0.1, -0.05) is 0 Å². The number of benzene rings is 2. The van der Waals surface area contributed by atoms with Crippen LogP contribution in [0.15, 0.2) is 41.3 Å². The van der Waals surface area contributed by atoms with Crippen LogP contribution in [0.5, 0.6) is 17.2 Å². The van der Waals surface area contributed by atoms with Crippen LogP contribution in [0, 0.1) is 3.57 Å². The first-order valence-electron chi connectivity index (χ1n) is 10.9. The van der Waals surface area contributed by atoms with Gasteiger partial charge in [-0.3, -0.25) is 19.3 Å². The summed E-state index contributed by atoms with van der Waals surface area (Å²) in [6.07, 6.45) is 1.17. The number of rotatable bonds is 9. The molecule has 0 radical (unpaired) electrons. The van der Waals surface area contributed by atoms with Crippen molar-refractivity contribution in [3.05, 3.63) is 56.0 Å². The lowest BCUT2D eigenvalue weighted by Gasteiger charge is -2.14. The molecule has 1 aliphatic heterocycles. The van der Waals surface area contributed by atoms with E-state index in [1.54, 1.807) is 57.2 Å². The van der Waals surface area contributed by atoms with E-state index in [-0.39, 0.29) is 16.8 Å². The molecule has 11 heteroatoms. The fourth-order valence-electron chi connectivity index (χ4n) is 3.13. The molecule has 0 spiro atoms. The van der Waals surface area contributed by atoms with Crippen molar-refractivity contribution in [2.45, 2.75) is 26.9 Å². The van der Waals surface area contributed by atoms with E-state index in [4.69, 9.17) is 18.9 Å². The number of nitrogens with zero attached hydrogens (tertiary/aromatic N) is 1. The molecule has 2 aromatic carbocycles. The predicted octanol–water partition coefficient (Wildman–Crippen LogP) is 4.91. The third-order valence-electron chi connectivity index (χ3n) is 4.68. The SMILES string of the molecule is CCOc1cc(/C=C2\SC(=O)N(CC(=O)OC(C)C)C2=O)cc(I)c1OC(=O)c1ccc(OC)cc1. The summed E-state index contributed by atoms with van der Waals surface area (Å²) in [5, 5.41) is -0.559. The lowest BCUT2D eigenvalue weighted by Crippen LogP contribution is -2.35. The van der Waals surface area contributed by atoms with E-state index in [9.17, 15) is 19.2 Å². The van der Waals surface area contributed by atoms with Crippen molar-refractivity contribution < 1.29 is 38.1 Å². The number of methoxy groups -OCH3 is 1. The highest BCUT2D eigenvalue weighted by Gasteiger charge is 2.37. The summed E-state index contributed by atoms with van der Waals surface area (Å²) >= 11 is 2.74. The van der Waals surface area contributed by atoms with E-state index >= 15 is 0 Å². The van der Waals surface area contributed by atoms with Gasteiger partial charge in [-0.15, -0.1) is 0 Å². The molecule has 0 aliphatic carbocycles. The fraction of sp³-hybridized carbons (Fsp3) is 0.280. The number of carbonyl (C=O) groups excluding carboxylic acids is 4. The highest BCUT2D eigenvalue weighted by atomic mass is 127. The van der Waals surface area contributed by atoms with Gasteiger partial charge in [-0.05, 0) is 103 Å². The molecule has 1 saturated heterocycles. The molecule has 2 amide bonds. The number of thioether (sulfide) groups is 1. The minimum absolute atomic E-state index is 0.151. The number of carbonyl (C=O) groups is 4. The second kappa shape index (κ2) is 12.3. The van der Waals surface area contributed by atoms with E-state index in [0.717, 1.165) is 16.7 Å². The summed E-state index contributed by atoms with van der Waals surface area (Å²) in [5.41, 5.74) is 0.894. The van der Waals surface area contributed by atoms with Crippen LogP contribution in [-0.2, 0) is 14.3 Å². The van der Waals surface area contributed by atoms with Gasteiger partial charge >= 0.3 is 11.9 Å². The van der Waals surface area contributed by atoms with Crippen molar-refractivity contribution >= 4 is 63.5 Å². The third-order valence-corrected chi connectivity index (χ3v) is 6.39. The van der Waals surface area contributed by atoms with Crippen molar-refractivity contribution in [3.8, 4) is 17.2 Å². The molecule has 1 aliphatic rings. The Morgan fingerprint density at radius 2 is 1.83 bits per heavy atom. The summed E-state index contributed by atoms with van der Waals surface area (Å²) < 4.78 is 22.0. The van der Waals surface area contributed by atoms with Gasteiger partial charge < -0.3 is 18.9 Å². The Kier molecular flexibility index (Phi) is 9.37. The molecule has 0 atom stereocenters. The Hall–Kier alpha value is -3.06. The van der Waals surface area contributed by atoms with Crippen LogP contribution in [0.4, 0.5) is 4.79 Å².